The highest BCUT2D eigenvalue weighted by Crippen LogP contribution is 2.48. The monoisotopic (exact) mass is 573 g/mol. The summed E-state index contributed by atoms with van der Waals surface area (Å²) in [4.78, 5) is 43.7. The van der Waals surface area contributed by atoms with Gasteiger partial charge in [-0.1, -0.05) is 36.0 Å². The Kier molecular flexibility index (Phi) is 7.77. The molecule has 4 aliphatic heterocycles. The Morgan fingerprint density at radius 1 is 1.12 bits per heavy atom. The van der Waals surface area contributed by atoms with E-state index in [0.717, 1.165) is 42.8 Å². The number of nitrogens with one attached hydrogen (secondary N) is 3. The first kappa shape index (κ1) is 27.4. The van der Waals surface area contributed by atoms with Crippen molar-refractivity contribution in [3.63, 3.8) is 0 Å². The topological polar surface area (TPSA) is 103 Å². The van der Waals surface area contributed by atoms with Crippen molar-refractivity contribution >= 4 is 35.3 Å². The van der Waals surface area contributed by atoms with E-state index in [-0.39, 0.29) is 41.2 Å². The number of rotatable bonds is 6. The zero-order valence-electron chi connectivity index (χ0n) is 23.3. The molecule has 0 aliphatic carbocycles. The molecule has 3 saturated heterocycles. The molecule has 3 fully saturated rings. The first-order chi connectivity index (χ1) is 19.9. The number of carbonyl (C=O) groups excluding carboxylic acids is 3. The number of likely N-dealkylation sites (tertiary alicyclic amines) is 1. The van der Waals surface area contributed by atoms with Crippen LogP contribution in [0.4, 0.5) is 10.5 Å². The zero-order valence-corrected chi connectivity index (χ0v) is 24.1. The van der Waals surface area contributed by atoms with Gasteiger partial charge in [0.15, 0.2) is 0 Å². The maximum Gasteiger partial charge on any atom is 0.326 e. The Labute approximate surface area is 244 Å². The highest BCUT2D eigenvalue weighted by molar-refractivity contribution is 8.04. The summed E-state index contributed by atoms with van der Waals surface area (Å²) in [7, 11) is 0. The van der Waals surface area contributed by atoms with Crippen LogP contribution in [0.5, 0.6) is 11.5 Å². The number of piperidine rings is 2. The molecule has 9 nitrogen and oxygen atoms in total. The van der Waals surface area contributed by atoms with Crippen LogP contribution >= 0.6 is 11.8 Å². The second-order valence-corrected chi connectivity index (χ2v) is 12.0. The van der Waals surface area contributed by atoms with Crippen LogP contribution in [0.2, 0.25) is 0 Å². The van der Waals surface area contributed by atoms with E-state index in [1.807, 2.05) is 67.3 Å². The van der Waals surface area contributed by atoms with Crippen molar-refractivity contribution in [1.29, 1.82) is 0 Å². The Balaban J connectivity index is 1.20. The molecule has 4 heterocycles. The van der Waals surface area contributed by atoms with Crippen LogP contribution in [-0.4, -0.2) is 59.8 Å². The maximum atomic E-state index is 13.6. The van der Waals surface area contributed by atoms with E-state index in [9.17, 15) is 14.4 Å². The lowest BCUT2D eigenvalue weighted by Gasteiger charge is -2.46. The largest absolute Gasteiger partial charge is 0.457 e. The number of amides is 4. The first-order valence-electron chi connectivity index (χ1n) is 14.2. The molecule has 0 bridgehead atoms. The molecular weight excluding hydrogens is 538 g/mol. The molecule has 214 valence electrons. The van der Waals surface area contributed by atoms with Gasteiger partial charge in [0, 0.05) is 36.4 Å². The molecule has 3 unspecified atom stereocenters. The van der Waals surface area contributed by atoms with Gasteiger partial charge in [0.05, 0.1) is 16.3 Å². The van der Waals surface area contributed by atoms with Crippen molar-refractivity contribution in [3.8, 4) is 11.5 Å². The molecule has 3 N–H and O–H groups in total. The van der Waals surface area contributed by atoms with Crippen LogP contribution in [-0.2, 0) is 9.59 Å². The maximum absolute atomic E-state index is 13.6. The molecule has 0 spiro atoms. The van der Waals surface area contributed by atoms with Gasteiger partial charge in [-0.25, -0.2) is 4.79 Å². The molecular formula is C31H35N5O4S. The van der Waals surface area contributed by atoms with Gasteiger partial charge in [0.1, 0.15) is 11.5 Å². The number of aryl methyl sites for hydroxylation is 1. The molecule has 41 heavy (non-hydrogen) atoms. The predicted molar refractivity (Wildman–Crippen MR) is 160 cm³/mol. The Hall–Kier alpha value is -3.76. The van der Waals surface area contributed by atoms with Crippen LogP contribution in [0, 0.1) is 12.8 Å². The molecule has 2 aromatic carbocycles. The predicted octanol–water partition coefficient (Wildman–Crippen LogP) is 4.26. The van der Waals surface area contributed by atoms with Gasteiger partial charge in [-0.2, -0.15) is 0 Å². The van der Waals surface area contributed by atoms with Gasteiger partial charge < -0.3 is 25.6 Å². The van der Waals surface area contributed by atoms with E-state index in [1.54, 1.807) is 17.1 Å². The van der Waals surface area contributed by atoms with Gasteiger partial charge in [-0.3, -0.25) is 14.5 Å². The third-order valence-electron chi connectivity index (χ3n) is 8.13. The summed E-state index contributed by atoms with van der Waals surface area (Å²) >= 11 is 1.49. The minimum atomic E-state index is -0.227. The number of urea groups is 1. The minimum absolute atomic E-state index is 0.00674. The lowest BCUT2D eigenvalue weighted by molar-refractivity contribution is -0.128. The Bertz CT molecular complexity index is 1410. The van der Waals surface area contributed by atoms with E-state index in [2.05, 4.69) is 16.0 Å². The standard InChI is InChI=1S/C31H35N5O4S/c1-3-8-25(37)35-16-7-9-20(18-35)33-29(38)28-27-26-24(14-15-32-30(26)41-28)36(31(39)34-27)23-13-12-22(17-19(23)2)40-21-10-5-4-6-11-21/h3-6,8,10-13,17,20,24,26,30,32H,7,9,14-16,18H2,1-2H3,(H,33,38)(H,34,39)/b8-3-/t20-,24?,26?,30?/m1/s1. The fourth-order valence-corrected chi connectivity index (χ4v) is 7.68. The molecule has 4 aliphatic rings. The molecule has 4 atom stereocenters. The molecule has 0 aromatic heterocycles. The van der Waals surface area contributed by atoms with E-state index in [4.69, 9.17) is 4.74 Å². The number of anilines is 1. The number of carbonyl (C=O) groups is 3. The van der Waals surface area contributed by atoms with Crippen molar-refractivity contribution < 1.29 is 19.1 Å². The van der Waals surface area contributed by atoms with Gasteiger partial charge in [0.2, 0.25) is 5.91 Å². The van der Waals surface area contributed by atoms with E-state index in [1.165, 1.54) is 11.8 Å². The Morgan fingerprint density at radius 2 is 1.95 bits per heavy atom. The number of allylic oxidation sites excluding steroid dienone is 1. The molecule has 6 rings (SSSR count). The smallest absolute Gasteiger partial charge is 0.326 e. The SMILES string of the molecule is C/C=C\C(=O)N1CCC[C@@H](NC(=O)C2=C3NC(=O)N(c4ccc(Oc5ccccc5)cc4C)C4CCNC(S2)C34)C1. The van der Waals surface area contributed by atoms with E-state index < -0.39 is 0 Å². The lowest BCUT2D eigenvalue weighted by Crippen LogP contribution is -2.62. The average molecular weight is 574 g/mol. The first-order valence-corrected chi connectivity index (χ1v) is 15.1. The normalized spacial score (nSPS) is 25.7. The minimum Gasteiger partial charge on any atom is -0.457 e. The van der Waals surface area contributed by atoms with Gasteiger partial charge in [-0.05, 0) is 81.6 Å². The summed E-state index contributed by atoms with van der Waals surface area (Å²) in [5, 5.41) is 9.79. The quantitative estimate of drug-likeness (QED) is 0.447. The van der Waals surface area contributed by atoms with E-state index in [0.29, 0.717) is 29.4 Å². The van der Waals surface area contributed by atoms with Crippen LogP contribution < -0.4 is 25.6 Å². The van der Waals surface area contributed by atoms with Crippen LogP contribution in [0.15, 0.2) is 71.3 Å². The highest BCUT2D eigenvalue weighted by atomic mass is 32.2. The fourth-order valence-electron chi connectivity index (χ4n) is 6.28. The summed E-state index contributed by atoms with van der Waals surface area (Å²) in [5.74, 6) is 1.22. The summed E-state index contributed by atoms with van der Waals surface area (Å²) in [6.45, 7) is 5.74. The number of hydrogen-bond acceptors (Lipinski definition) is 6. The number of hydrogen-bond donors (Lipinski definition) is 3. The number of benzene rings is 2. The zero-order chi connectivity index (χ0) is 28.5. The van der Waals surface area contributed by atoms with Crippen LogP contribution in [0.1, 0.15) is 31.7 Å². The summed E-state index contributed by atoms with van der Waals surface area (Å²) < 4.78 is 6.00. The second kappa shape index (κ2) is 11.6. The molecule has 10 heteroatoms. The van der Waals surface area contributed by atoms with E-state index >= 15 is 0 Å². The third kappa shape index (κ3) is 5.46. The highest BCUT2D eigenvalue weighted by Gasteiger charge is 2.52. The van der Waals surface area contributed by atoms with Crippen molar-refractivity contribution in [2.45, 2.75) is 50.6 Å². The number of para-hydroxylation sites is 1. The molecule has 4 amide bonds. The van der Waals surface area contributed by atoms with Gasteiger partial charge >= 0.3 is 6.03 Å². The van der Waals surface area contributed by atoms with Crippen molar-refractivity contribution in [2.75, 3.05) is 24.5 Å². The van der Waals surface area contributed by atoms with Crippen molar-refractivity contribution in [1.82, 2.24) is 20.9 Å². The lowest BCUT2D eigenvalue weighted by atomic mass is 9.86. The number of thioether (sulfide) groups is 1. The third-order valence-corrected chi connectivity index (χ3v) is 9.49. The molecule has 0 radical (unpaired) electrons. The van der Waals surface area contributed by atoms with Crippen molar-refractivity contribution in [3.05, 3.63) is 76.8 Å². The fraction of sp³-hybridized carbons (Fsp3) is 0.387. The van der Waals surface area contributed by atoms with Crippen LogP contribution in [0.25, 0.3) is 0 Å². The van der Waals surface area contributed by atoms with Gasteiger partial charge in [0.25, 0.3) is 5.91 Å². The summed E-state index contributed by atoms with van der Waals surface area (Å²) in [6.07, 6.45) is 5.73. The second-order valence-electron chi connectivity index (χ2n) is 10.9. The van der Waals surface area contributed by atoms with Crippen LogP contribution in [0.3, 0.4) is 0 Å². The summed E-state index contributed by atoms with van der Waals surface area (Å²) in [5.41, 5.74) is 2.48. The average Bonchev–Trinajstić information content (AvgIpc) is 3.34. The molecule has 0 saturated carbocycles. The van der Waals surface area contributed by atoms with Gasteiger partial charge in [-0.15, -0.1) is 0 Å². The Morgan fingerprint density at radius 3 is 2.73 bits per heavy atom. The summed E-state index contributed by atoms with van der Waals surface area (Å²) in [6, 6.07) is 15.0. The number of ether oxygens (including phenoxy) is 1. The number of nitrogens with zero attached hydrogens (tertiary/aromatic N) is 2. The molecule has 2 aromatic rings. The van der Waals surface area contributed by atoms with Crippen molar-refractivity contribution in [2.24, 2.45) is 5.92 Å².